The van der Waals surface area contributed by atoms with Crippen LogP contribution in [0, 0.1) is 5.82 Å². The second kappa shape index (κ2) is 11.1. The summed E-state index contributed by atoms with van der Waals surface area (Å²) in [7, 11) is 1.96. The van der Waals surface area contributed by atoms with Gasteiger partial charge in [-0.1, -0.05) is 18.2 Å². The summed E-state index contributed by atoms with van der Waals surface area (Å²) in [4.78, 5) is 12.7. The molecule has 0 radical (unpaired) electrons. The van der Waals surface area contributed by atoms with Crippen LogP contribution in [0.2, 0.25) is 0 Å². The average Bonchev–Trinajstić information content (AvgIpc) is 3.07. The fourth-order valence-corrected chi connectivity index (χ4v) is 4.45. The minimum Gasteiger partial charge on any atom is -0.386 e. The molecule has 1 aliphatic rings. The van der Waals surface area contributed by atoms with Gasteiger partial charge in [0, 0.05) is 24.0 Å². The maximum absolute atomic E-state index is 13.8. The number of rotatable bonds is 6. The first-order valence-electron chi connectivity index (χ1n) is 9.48. The molecule has 2 aromatic rings. The van der Waals surface area contributed by atoms with Crippen LogP contribution >= 0.6 is 35.3 Å². The fourth-order valence-electron chi connectivity index (χ4n) is 3.24. The smallest absolute Gasteiger partial charge is 0.194 e. The van der Waals surface area contributed by atoms with E-state index < -0.39 is 11.9 Å². The normalized spacial score (nSPS) is 14.8. The highest BCUT2D eigenvalue weighted by molar-refractivity contribution is 14.0. The number of hydrogen-bond donors (Lipinski definition) is 2. The minimum atomic E-state index is -0.972. The number of guanidine groups is 1. The second-order valence-electron chi connectivity index (χ2n) is 6.77. The van der Waals surface area contributed by atoms with Gasteiger partial charge in [0.15, 0.2) is 5.96 Å². The number of aliphatic hydroxyl groups excluding tert-OH is 1. The number of aromatic nitrogens is 1. The lowest BCUT2D eigenvalue weighted by atomic mass is 10.0. The number of fused-ring (bicyclic) bond motifs is 1. The molecule has 28 heavy (non-hydrogen) atoms. The molecule has 1 aromatic carbocycles. The van der Waals surface area contributed by atoms with Crippen molar-refractivity contribution in [3.05, 3.63) is 51.2 Å². The number of aryl methyl sites for hydroxylation is 2. The first-order valence-corrected chi connectivity index (χ1v) is 10.3. The zero-order valence-corrected chi connectivity index (χ0v) is 19.5. The van der Waals surface area contributed by atoms with Crippen LogP contribution in [-0.4, -0.2) is 41.1 Å². The van der Waals surface area contributed by atoms with E-state index in [0.29, 0.717) is 19.0 Å². The van der Waals surface area contributed by atoms with E-state index in [1.165, 1.54) is 29.5 Å². The number of aliphatic hydroxyl groups is 1. The van der Waals surface area contributed by atoms with Gasteiger partial charge in [-0.2, -0.15) is 0 Å². The van der Waals surface area contributed by atoms with E-state index >= 15 is 0 Å². The molecule has 1 heterocycles. The highest BCUT2D eigenvalue weighted by Crippen LogP contribution is 2.27. The van der Waals surface area contributed by atoms with Crippen LogP contribution in [0.25, 0.3) is 0 Å². The Morgan fingerprint density at radius 1 is 1.36 bits per heavy atom. The van der Waals surface area contributed by atoms with Crippen molar-refractivity contribution in [1.82, 2.24) is 15.2 Å². The van der Waals surface area contributed by atoms with E-state index in [-0.39, 0.29) is 36.1 Å². The number of nitrogens with one attached hydrogen (secondary N) is 1. The van der Waals surface area contributed by atoms with Gasteiger partial charge in [0.05, 0.1) is 18.8 Å². The van der Waals surface area contributed by atoms with Crippen LogP contribution in [0.3, 0.4) is 0 Å². The molecule has 1 unspecified atom stereocenters. The summed E-state index contributed by atoms with van der Waals surface area (Å²) in [6.07, 6.45) is 3.73. The van der Waals surface area contributed by atoms with Crippen LogP contribution in [0.4, 0.5) is 4.39 Å². The van der Waals surface area contributed by atoms with E-state index in [2.05, 4.69) is 10.3 Å². The molecule has 0 saturated carbocycles. The van der Waals surface area contributed by atoms with Gasteiger partial charge in [0.1, 0.15) is 16.9 Å². The van der Waals surface area contributed by atoms with Gasteiger partial charge in [-0.15, -0.1) is 35.3 Å². The molecule has 1 aromatic heterocycles. The third-order valence-electron chi connectivity index (χ3n) is 4.64. The molecule has 1 atom stereocenters. The lowest BCUT2D eigenvalue weighted by Crippen LogP contribution is -2.38. The zero-order valence-electron chi connectivity index (χ0n) is 16.3. The van der Waals surface area contributed by atoms with E-state index in [1.54, 1.807) is 29.5 Å². The Bertz CT molecular complexity index is 775. The lowest BCUT2D eigenvalue weighted by Gasteiger charge is -2.21. The largest absolute Gasteiger partial charge is 0.386 e. The maximum atomic E-state index is 13.8. The highest BCUT2D eigenvalue weighted by Gasteiger charge is 2.17. The molecule has 0 amide bonds. The maximum Gasteiger partial charge on any atom is 0.194 e. The van der Waals surface area contributed by atoms with Gasteiger partial charge < -0.3 is 15.3 Å². The molecule has 0 aliphatic heterocycles. The number of hydrogen-bond acceptors (Lipinski definition) is 4. The van der Waals surface area contributed by atoms with E-state index in [0.717, 1.165) is 17.8 Å². The Morgan fingerprint density at radius 3 is 2.82 bits per heavy atom. The molecule has 0 fully saturated rings. The average molecular weight is 518 g/mol. The highest BCUT2D eigenvalue weighted by atomic mass is 127. The number of thiazole rings is 1. The van der Waals surface area contributed by atoms with Crippen LogP contribution in [0.5, 0.6) is 0 Å². The van der Waals surface area contributed by atoms with E-state index in [4.69, 9.17) is 4.98 Å². The molecule has 154 valence electrons. The molecular weight excluding hydrogens is 490 g/mol. The second-order valence-corrected chi connectivity index (χ2v) is 7.94. The Labute approximate surface area is 187 Å². The topological polar surface area (TPSA) is 60.8 Å². The molecule has 0 spiro atoms. The summed E-state index contributed by atoms with van der Waals surface area (Å²) in [5.41, 5.74) is 1.53. The van der Waals surface area contributed by atoms with Gasteiger partial charge in [-0.25, -0.2) is 9.37 Å². The van der Waals surface area contributed by atoms with Crippen molar-refractivity contribution in [2.75, 3.05) is 20.1 Å². The molecule has 5 nitrogen and oxygen atoms in total. The molecule has 3 rings (SSSR count). The molecule has 1 aliphatic carbocycles. The van der Waals surface area contributed by atoms with Crippen LogP contribution in [0.1, 0.15) is 47.0 Å². The standard InChI is InChI=1S/C20H27FN4OS.HI/c1-3-22-20(23-12-17(26)14-8-4-5-9-15(14)21)25(2)13-19-24-16-10-6-7-11-18(16)27-19;/h4-5,8-9,17,26H,3,6-7,10-13H2,1-2H3,(H,22,23);1H. The summed E-state index contributed by atoms with van der Waals surface area (Å²) in [6.45, 7) is 3.48. The summed E-state index contributed by atoms with van der Waals surface area (Å²) in [6, 6.07) is 6.27. The number of benzene rings is 1. The van der Waals surface area contributed by atoms with E-state index in [9.17, 15) is 9.50 Å². The summed E-state index contributed by atoms with van der Waals surface area (Å²) in [5, 5.41) is 14.6. The van der Waals surface area contributed by atoms with Crippen molar-refractivity contribution >= 4 is 41.3 Å². The molecular formula is C20H28FIN4OS. The minimum absolute atomic E-state index is 0. The fraction of sp³-hybridized carbons (Fsp3) is 0.500. The van der Waals surface area contributed by atoms with Crippen molar-refractivity contribution in [2.24, 2.45) is 4.99 Å². The van der Waals surface area contributed by atoms with Crippen molar-refractivity contribution in [3.63, 3.8) is 0 Å². The van der Waals surface area contributed by atoms with Crippen molar-refractivity contribution in [3.8, 4) is 0 Å². The number of halogens is 2. The third-order valence-corrected chi connectivity index (χ3v) is 5.78. The van der Waals surface area contributed by atoms with Crippen molar-refractivity contribution < 1.29 is 9.50 Å². The van der Waals surface area contributed by atoms with Gasteiger partial charge >= 0.3 is 0 Å². The Balaban J connectivity index is 0.00000280. The Morgan fingerprint density at radius 2 is 2.11 bits per heavy atom. The Kier molecular flexibility index (Phi) is 9.10. The van der Waals surface area contributed by atoms with E-state index in [1.807, 2.05) is 18.9 Å². The SMILES string of the molecule is CCNC(=NCC(O)c1ccccc1F)N(C)Cc1nc2c(s1)CCCC2.I. The molecule has 8 heteroatoms. The van der Waals surface area contributed by atoms with Crippen LogP contribution in [0.15, 0.2) is 29.3 Å². The third kappa shape index (κ3) is 5.87. The summed E-state index contributed by atoms with van der Waals surface area (Å²) in [5.74, 6) is 0.271. The van der Waals surface area contributed by atoms with Gasteiger partial charge in [0.2, 0.25) is 0 Å². The summed E-state index contributed by atoms with van der Waals surface area (Å²) >= 11 is 1.79. The van der Waals surface area contributed by atoms with Crippen LogP contribution < -0.4 is 5.32 Å². The monoisotopic (exact) mass is 518 g/mol. The van der Waals surface area contributed by atoms with Gasteiger partial charge in [-0.05, 0) is 38.7 Å². The predicted molar refractivity (Wildman–Crippen MR) is 123 cm³/mol. The van der Waals surface area contributed by atoms with Crippen molar-refractivity contribution in [2.45, 2.75) is 45.3 Å². The predicted octanol–water partition coefficient (Wildman–Crippen LogP) is 3.91. The first kappa shape index (κ1) is 23.0. The number of nitrogens with zero attached hydrogens (tertiary/aromatic N) is 3. The van der Waals surface area contributed by atoms with Gasteiger partial charge in [-0.3, -0.25) is 4.99 Å². The number of aliphatic imine (C=N–C) groups is 1. The molecule has 0 bridgehead atoms. The first-order chi connectivity index (χ1) is 13.1. The molecule has 0 saturated heterocycles. The zero-order chi connectivity index (χ0) is 19.2. The quantitative estimate of drug-likeness (QED) is 0.346. The van der Waals surface area contributed by atoms with Gasteiger partial charge in [0.25, 0.3) is 0 Å². The lowest BCUT2D eigenvalue weighted by molar-refractivity contribution is 0.181. The molecule has 2 N–H and O–H groups in total. The van der Waals surface area contributed by atoms with Crippen LogP contribution in [-0.2, 0) is 19.4 Å². The van der Waals surface area contributed by atoms with Crippen molar-refractivity contribution in [1.29, 1.82) is 0 Å². The Hall–Kier alpha value is -1.26. The summed E-state index contributed by atoms with van der Waals surface area (Å²) < 4.78 is 13.8.